The van der Waals surface area contributed by atoms with Crippen LogP contribution in [0.5, 0.6) is 0 Å². The number of ether oxygens (including phenoxy) is 1. The third-order valence-corrected chi connectivity index (χ3v) is 4.40. The van der Waals surface area contributed by atoms with Crippen molar-refractivity contribution in [2.24, 2.45) is 5.92 Å². The van der Waals surface area contributed by atoms with E-state index in [1.807, 2.05) is 18.2 Å². The van der Waals surface area contributed by atoms with E-state index in [1.165, 1.54) is 0 Å². The van der Waals surface area contributed by atoms with Gasteiger partial charge in [0.05, 0.1) is 25.5 Å². The van der Waals surface area contributed by atoms with Crippen LogP contribution in [0.15, 0.2) is 41.3 Å². The molecule has 0 bridgehead atoms. The van der Waals surface area contributed by atoms with E-state index in [1.54, 1.807) is 18.7 Å². The maximum absolute atomic E-state index is 6.06. The van der Waals surface area contributed by atoms with E-state index < -0.39 is 0 Å². The van der Waals surface area contributed by atoms with E-state index in [9.17, 15) is 0 Å². The minimum atomic E-state index is 0.295. The van der Waals surface area contributed by atoms with Gasteiger partial charge in [-0.25, -0.2) is 9.97 Å². The van der Waals surface area contributed by atoms with Crippen molar-refractivity contribution in [2.75, 3.05) is 37.7 Å². The highest BCUT2D eigenvalue weighted by molar-refractivity contribution is 5.29. The summed E-state index contributed by atoms with van der Waals surface area (Å²) in [6.45, 7) is 5.38. The van der Waals surface area contributed by atoms with Crippen LogP contribution in [0.2, 0.25) is 0 Å². The molecule has 0 aromatic carbocycles. The van der Waals surface area contributed by atoms with Gasteiger partial charge in [-0.1, -0.05) is 0 Å². The normalized spacial score (nSPS) is 25.9. The molecule has 6 heteroatoms. The summed E-state index contributed by atoms with van der Waals surface area (Å²) in [7, 11) is 0. The van der Waals surface area contributed by atoms with Gasteiger partial charge in [0.2, 0.25) is 5.95 Å². The van der Waals surface area contributed by atoms with Crippen molar-refractivity contribution in [3.63, 3.8) is 0 Å². The third-order valence-electron chi connectivity index (χ3n) is 4.40. The van der Waals surface area contributed by atoms with Crippen molar-refractivity contribution in [3.05, 3.63) is 42.6 Å². The summed E-state index contributed by atoms with van der Waals surface area (Å²) in [6, 6.07) is 5.81. The van der Waals surface area contributed by atoms with E-state index >= 15 is 0 Å². The highest BCUT2D eigenvalue weighted by Crippen LogP contribution is 2.26. The summed E-state index contributed by atoms with van der Waals surface area (Å²) < 4.78 is 11.5. The number of hydrogen-bond donors (Lipinski definition) is 0. The Morgan fingerprint density at radius 3 is 2.86 bits per heavy atom. The highest BCUT2D eigenvalue weighted by atomic mass is 16.5. The number of rotatable bonds is 3. The lowest BCUT2D eigenvalue weighted by molar-refractivity contribution is 0.0522. The van der Waals surface area contributed by atoms with E-state index in [0.29, 0.717) is 12.0 Å². The molecule has 2 aromatic heterocycles. The van der Waals surface area contributed by atoms with Gasteiger partial charge in [0.25, 0.3) is 0 Å². The number of likely N-dealkylation sites (tertiary alicyclic amines) is 1. The molecular weight excluding hydrogens is 280 g/mol. The van der Waals surface area contributed by atoms with Crippen LogP contribution in [0.3, 0.4) is 0 Å². The molecular formula is C16H20N4O2. The van der Waals surface area contributed by atoms with Crippen molar-refractivity contribution in [3.8, 4) is 0 Å². The molecule has 0 radical (unpaired) electrons. The van der Waals surface area contributed by atoms with Crippen LogP contribution in [0, 0.1) is 5.92 Å². The maximum Gasteiger partial charge on any atom is 0.225 e. The molecule has 2 atom stereocenters. The molecule has 6 nitrogen and oxygen atoms in total. The summed E-state index contributed by atoms with van der Waals surface area (Å²) in [5, 5.41) is 0. The summed E-state index contributed by atoms with van der Waals surface area (Å²) in [6.07, 6.45) is 5.62. The van der Waals surface area contributed by atoms with Gasteiger partial charge in [0.1, 0.15) is 5.76 Å². The minimum absolute atomic E-state index is 0.295. The Morgan fingerprint density at radius 1 is 1.14 bits per heavy atom. The van der Waals surface area contributed by atoms with E-state index in [-0.39, 0.29) is 0 Å². The van der Waals surface area contributed by atoms with Crippen molar-refractivity contribution in [1.29, 1.82) is 0 Å². The van der Waals surface area contributed by atoms with Crippen molar-refractivity contribution < 1.29 is 9.15 Å². The van der Waals surface area contributed by atoms with Gasteiger partial charge in [-0.05, 0) is 18.2 Å². The molecule has 0 spiro atoms. The number of aromatic nitrogens is 2. The van der Waals surface area contributed by atoms with Gasteiger partial charge >= 0.3 is 0 Å². The largest absolute Gasteiger partial charge is 0.468 e. The van der Waals surface area contributed by atoms with E-state index in [4.69, 9.17) is 9.15 Å². The Bertz CT molecular complexity index is 589. The number of furan rings is 1. The molecule has 2 aromatic rings. The lowest BCUT2D eigenvalue weighted by Gasteiger charge is -2.23. The molecule has 0 aliphatic carbocycles. The topological polar surface area (TPSA) is 54.6 Å². The first-order chi connectivity index (χ1) is 10.9. The van der Waals surface area contributed by atoms with Crippen LogP contribution in [0.25, 0.3) is 0 Å². The van der Waals surface area contributed by atoms with Crippen molar-refractivity contribution in [2.45, 2.75) is 12.6 Å². The van der Waals surface area contributed by atoms with Gasteiger partial charge in [-0.2, -0.15) is 0 Å². The average molecular weight is 300 g/mol. The van der Waals surface area contributed by atoms with Crippen LogP contribution >= 0.6 is 0 Å². The van der Waals surface area contributed by atoms with Gasteiger partial charge in [0.15, 0.2) is 0 Å². The smallest absolute Gasteiger partial charge is 0.225 e. The molecule has 2 fully saturated rings. The summed E-state index contributed by atoms with van der Waals surface area (Å²) in [5.41, 5.74) is 0. The number of fused-ring (bicyclic) bond motifs is 1. The van der Waals surface area contributed by atoms with Gasteiger partial charge in [-0.15, -0.1) is 0 Å². The lowest BCUT2D eigenvalue weighted by Crippen LogP contribution is -2.33. The highest BCUT2D eigenvalue weighted by Gasteiger charge is 2.37. The maximum atomic E-state index is 6.06. The second-order valence-corrected chi connectivity index (χ2v) is 5.94. The first kappa shape index (κ1) is 13.7. The van der Waals surface area contributed by atoms with Crippen molar-refractivity contribution >= 4 is 5.95 Å². The van der Waals surface area contributed by atoms with Crippen LogP contribution < -0.4 is 4.90 Å². The molecule has 2 aliphatic heterocycles. The SMILES string of the molecule is c1cnc(N2CCO[C@@H]3CN(Cc4ccco4)C[C@@H]3C2)nc1. The van der Waals surface area contributed by atoms with E-state index in [2.05, 4.69) is 19.8 Å². The molecule has 0 N–H and O–H groups in total. The molecule has 0 unspecified atom stereocenters. The number of nitrogens with zero attached hydrogens (tertiary/aromatic N) is 4. The van der Waals surface area contributed by atoms with Crippen LogP contribution in [0.1, 0.15) is 5.76 Å². The predicted octanol–water partition coefficient (Wildman–Crippen LogP) is 1.41. The van der Waals surface area contributed by atoms with Crippen LogP contribution in [-0.4, -0.2) is 53.8 Å². The van der Waals surface area contributed by atoms with Crippen LogP contribution in [-0.2, 0) is 11.3 Å². The summed E-state index contributed by atoms with van der Waals surface area (Å²) in [4.78, 5) is 13.4. The first-order valence-corrected chi connectivity index (χ1v) is 7.77. The number of anilines is 1. The summed E-state index contributed by atoms with van der Waals surface area (Å²) in [5.74, 6) is 2.30. The zero-order valence-corrected chi connectivity index (χ0v) is 12.5. The second-order valence-electron chi connectivity index (χ2n) is 5.94. The minimum Gasteiger partial charge on any atom is -0.468 e. The predicted molar refractivity (Wildman–Crippen MR) is 81.5 cm³/mol. The Labute approximate surface area is 129 Å². The standard InChI is InChI=1S/C16H20N4O2/c1-3-14(21-7-1)11-19-9-13-10-20(6-8-22-15(13)12-19)16-17-4-2-5-18-16/h1-5,7,13,15H,6,8-12H2/t13-,15-/m1/s1. The van der Waals surface area contributed by atoms with Crippen LogP contribution in [0.4, 0.5) is 5.95 Å². The molecule has 22 heavy (non-hydrogen) atoms. The monoisotopic (exact) mass is 300 g/mol. The molecule has 4 rings (SSSR count). The van der Waals surface area contributed by atoms with Crippen molar-refractivity contribution in [1.82, 2.24) is 14.9 Å². The fraction of sp³-hybridized carbons (Fsp3) is 0.500. The quantitative estimate of drug-likeness (QED) is 0.854. The molecule has 116 valence electrons. The molecule has 2 aliphatic rings. The first-order valence-electron chi connectivity index (χ1n) is 7.77. The lowest BCUT2D eigenvalue weighted by atomic mass is 10.1. The number of hydrogen-bond acceptors (Lipinski definition) is 6. The second kappa shape index (κ2) is 6.06. The fourth-order valence-corrected chi connectivity index (χ4v) is 3.37. The molecule has 0 saturated carbocycles. The fourth-order valence-electron chi connectivity index (χ4n) is 3.37. The molecule has 4 heterocycles. The Kier molecular flexibility index (Phi) is 3.78. The van der Waals surface area contributed by atoms with Gasteiger partial charge in [0, 0.05) is 44.5 Å². The molecule has 0 amide bonds. The zero-order valence-electron chi connectivity index (χ0n) is 12.5. The Morgan fingerprint density at radius 2 is 2.05 bits per heavy atom. The zero-order chi connectivity index (χ0) is 14.8. The third kappa shape index (κ3) is 2.84. The molecule has 2 saturated heterocycles. The Balaban J connectivity index is 1.43. The Hall–Kier alpha value is -1.92. The van der Waals surface area contributed by atoms with Gasteiger partial charge < -0.3 is 14.1 Å². The summed E-state index contributed by atoms with van der Waals surface area (Å²) >= 11 is 0. The van der Waals surface area contributed by atoms with E-state index in [0.717, 1.165) is 51.0 Å². The average Bonchev–Trinajstić information content (AvgIpc) is 3.14. The van der Waals surface area contributed by atoms with Gasteiger partial charge in [-0.3, -0.25) is 4.90 Å².